The van der Waals surface area contributed by atoms with E-state index in [0.717, 1.165) is 4.41 Å². The monoisotopic (exact) mass is 240 g/mol. The predicted molar refractivity (Wildman–Crippen MR) is 58.5 cm³/mol. The van der Waals surface area contributed by atoms with Gasteiger partial charge in [0.05, 0.1) is 15.9 Å². The van der Waals surface area contributed by atoms with Gasteiger partial charge in [0.25, 0.3) is 0 Å². The van der Waals surface area contributed by atoms with E-state index in [2.05, 4.69) is 15.0 Å². The molecule has 0 unspecified atom stereocenters. The lowest BCUT2D eigenvalue weighted by Crippen LogP contribution is -2.44. The minimum absolute atomic E-state index is 0.414. The van der Waals surface area contributed by atoms with Crippen LogP contribution in [0, 0.1) is 0 Å². The number of hydrogen-bond donors (Lipinski definition) is 1. The van der Waals surface area contributed by atoms with E-state index in [1.807, 2.05) is 0 Å². The van der Waals surface area contributed by atoms with Crippen LogP contribution in [0.3, 0.4) is 0 Å². The Labute approximate surface area is 91.8 Å². The molecule has 16 heavy (non-hydrogen) atoms. The van der Waals surface area contributed by atoms with Gasteiger partial charge in [0.15, 0.2) is 0 Å². The third-order valence-corrected chi connectivity index (χ3v) is 3.09. The van der Waals surface area contributed by atoms with E-state index in [1.165, 1.54) is 5.01 Å². The van der Waals surface area contributed by atoms with Crippen molar-refractivity contribution in [2.24, 2.45) is 4.52 Å². The minimum atomic E-state index is -4.07. The first-order valence-electron chi connectivity index (χ1n) is 4.27. The van der Waals surface area contributed by atoms with Crippen molar-refractivity contribution < 1.29 is 8.42 Å². The molecule has 1 aromatic carbocycles. The van der Waals surface area contributed by atoms with Crippen molar-refractivity contribution in [1.29, 1.82) is 0 Å². The quantitative estimate of drug-likeness (QED) is 0.471. The van der Waals surface area contributed by atoms with E-state index in [0.29, 0.717) is 11.4 Å². The molecule has 2 rings (SSSR count). The zero-order valence-electron chi connectivity index (χ0n) is 8.27. The summed E-state index contributed by atoms with van der Waals surface area (Å²) >= 11 is 0. The van der Waals surface area contributed by atoms with Crippen LogP contribution in [0.15, 0.2) is 28.8 Å². The van der Waals surface area contributed by atoms with E-state index < -0.39 is 10.2 Å². The van der Waals surface area contributed by atoms with Gasteiger partial charge in [-0.3, -0.25) is 5.01 Å². The Morgan fingerprint density at radius 1 is 1.38 bits per heavy atom. The average Bonchev–Trinajstić information content (AvgIpc) is 2.58. The normalized spacial score (nSPS) is 14.6. The summed E-state index contributed by atoms with van der Waals surface area (Å²) in [5.74, 6) is 0. The second kappa shape index (κ2) is 3.56. The van der Waals surface area contributed by atoms with Crippen LogP contribution in [-0.2, 0) is 10.2 Å². The summed E-state index contributed by atoms with van der Waals surface area (Å²) in [4.78, 5) is 2.29. The Balaban J connectivity index is 2.53. The van der Waals surface area contributed by atoms with Gasteiger partial charge in [-0.05, 0) is 17.7 Å². The maximum Gasteiger partial charge on any atom is 0.339 e. The van der Waals surface area contributed by atoms with Crippen LogP contribution in [0.2, 0.25) is 0 Å². The van der Waals surface area contributed by atoms with Gasteiger partial charge >= 0.3 is 10.2 Å². The van der Waals surface area contributed by atoms with Gasteiger partial charge in [-0.1, -0.05) is 12.1 Å². The summed E-state index contributed by atoms with van der Waals surface area (Å²) in [6, 6.07) is 6.82. The summed E-state index contributed by atoms with van der Waals surface area (Å²) < 4.78 is 26.7. The molecule has 0 aliphatic carbocycles. The SMILES string of the molecule is CN1NN(S(=O)(=O)N=[N+]=[N-])c2ccccc21. The number of hydrogen-bond acceptors (Lipinski definition) is 4. The van der Waals surface area contributed by atoms with Crippen LogP contribution in [-0.4, -0.2) is 15.5 Å². The largest absolute Gasteiger partial charge is 0.339 e. The molecule has 0 aromatic heterocycles. The highest BCUT2D eigenvalue weighted by atomic mass is 32.2. The molecule has 0 atom stereocenters. The van der Waals surface area contributed by atoms with Crippen LogP contribution in [0.25, 0.3) is 10.4 Å². The summed E-state index contributed by atoms with van der Waals surface area (Å²) in [5.41, 5.74) is 11.8. The third kappa shape index (κ3) is 1.52. The summed E-state index contributed by atoms with van der Waals surface area (Å²) in [6.07, 6.45) is 0. The molecule has 1 aliphatic rings. The first-order valence-corrected chi connectivity index (χ1v) is 5.66. The van der Waals surface area contributed by atoms with Crippen LogP contribution >= 0.6 is 0 Å². The number of nitrogens with one attached hydrogen (secondary N) is 1. The van der Waals surface area contributed by atoms with Crippen molar-refractivity contribution in [3.63, 3.8) is 0 Å². The molecule has 0 saturated heterocycles. The van der Waals surface area contributed by atoms with E-state index in [1.54, 1.807) is 31.3 Å². The van der Waals surface area contributed by atoms with Crippen LogP contribution in [0.4, 0.5) is 11.4 Å². The maximum atomic E-state index is 11.6. The Bertz CT molecular complexity index is 564. The number of benzene rings is 1. The number of para-hydroxylation sites is 2. The smallest absolute Gasteiger partial charge is 0.291 e. The zero-order valence-corrected chi connectivity index (χ0v) is 9.09. The molecule has 0 spiro atoms. The van der Waals surface area contributed by atoms with Gasteiger partial charge in [-0.2, -0.15) is 12.8 Å². The number of nitrogens with zero attached hydrogens (tertiary/aromatic N) is 5. The highest BCUT2D eigenvalue weighted by molar-refractivity contribution is 7.91. The molecule has 1 heterocycles. The molecule has 1 N–H and O–H groups in total. The fourth-order valence-electron chi connectivity index (χ4n) is 1.42. The molecule has 0 saturated carbocycles. The predicted octanol–water partition coefficient (Wildman–Crippen LogP) is 0.918. The highest BCUT2D eigenvalue weighted by Crippen LogP contribution is 2.33. The molecule has 0 fully saturated rings. The van der Waals surface area contributed by atoms with Gasteiger partial charge in [0, 0.05) is 12.0 Å². The van der Waals surface area contributed by atoms with Gasteiger partial charge in [-0.15, -0.1) is 5.53 Å². The number of hydrazine groups is 2. The lowest BCUT2D eigenvalue weighted by molar-refractivity contribution is 0.582. The minimum Gasteiger partial charge on any atom is -0.291 e. The van der Waals surface area contributed by atoms with E-state index in [9.17, 15) is 8.42 Å². The summed E-state index contributed by atoms with van der Waals surface area (Å²) in [5, 5.41) is 1.51. The fourth-order valence-corrected chi connectivity index (χ4v) is 2.22. The number of azide groups is 1. The molecular formula is C7H8N6O2S. The van der Waals surface area contributed by atoms with Crippen LogP contribution < -0.4 is 15.0 Å². The lowest BCUT2D eigenvalue weighted by atomic mass is 10.3. The van der Waals surface area contributed by atoms with Crippen molar-refractivity contribution in [2.75, 3.05) is 16.5 Å². The Morgan fingerprint density at radius 3 is 2.62 bits per heavy atom. The number of anilines is 2. The highest BCUT2D eigenvalue weighted by Gasteiger charge is 2.31. The molecule has 1 aliphatic heterocycles. The van der Waals surface area contributed by atoms with Gasteiger partial charge < -0.3 is 0 Å². The van der Waals surface area contributed by atoms with Crippen molar-refractivity contribution in [2.45, 2.75) is 0 Å². The molecule has 1 aromatic rings. The van der Waals surface area contributed by atoms with Crippen molar-refractivity contribution in [3.05, 3.63) is 34.7 Å². The first-order chi connectivity index (χ1) is 7.56. The Kier molecular flexibility index (Phi) is 2.35. The maximum absolute atomic E-state index is 11.6. The summed E-state index contributed by atoms with van der Waals surface area (Å²) in [6.45, 7) is 0. The van der Waals surface area contributed by atoms with Gasteiger partial charge in [0.2, 0.25) is 0 Å². The average molecular weight is 240 g/mol. The number of fused-ring (bicyclic) bond motifs is 1. The molecule has 84 valence electrons. The molecule has 9 heteroatoms. The zero-order chi connectivity index (χ0) is 11.8. The fraction of sp³-hybridized carbons (Fsp3) is 0.143. The second-order valence-electron chi connectivity index (χ2n) is 3.06. The van der Waals surface area contributed by atoms with E-state index >= 15 is 0 Å². The van der Waals surface area contributed by atoms with Crippen molar-refractivity contribution >= 4 is 21.6 Å². The molecule has 8 nitrogen and oxygen atoms in total. The second-order valence-corrected chi connectivity index (χ2v) is 4.49. The van der Waals surface area contributed by atoms with E-state index in [-0.39, 0.29) is 0 Å². The first kappa shape index (κ1) is 10.6. The third-order valence-electron chi connectivity index (χ3n) is 2.07. The topological polar surface area (TPSA) is 101 Å². The van der Waals surface area contributed by atoms with Gasteiger partial charge in [-0.25, -0.2) is 0 Å². The molecule has 0 radical (unpaired) electrons. The molecule has 0 bridgehead atoms. The van der Waals surface area contributed by atoms with Gasteiger partial charge in [0.1, 0.15) is 0 Å². The lowest BCUT2D eigenvalue weighted by Gasteiger charge is -2.16. The standard InChI is InChI=1S/C7H8N6O2S/c1-12-6-4-2-3-5-7(6)13(11-12)16(14,15)10-9-8/h2-5,11H,1H3. The van der Waals surface area contributed by atoms with E-state index in [4.69, 9.17) is 5.53 Å². The van der Waals surface area contributed by atoms with Crippen molar-refractivity contribution in [3.8, 4) is 0 Å². The van der Waals surface area contributed by atoms with Crippen LogP contribution in [0.1, 0.15) is 0 Å². The number of rotatable bonds is 2. The molecule has 0 amide bonds. The van der Waals surface area contributed by atoms with Crippen molar-refractivity contribution in [1.82, 2.24) is 5.53 Å². The summed E-state index contributed by atoms with van der Waals surface area (Å²) in [7, 11) is -2.41. The Morgan fingerprint density at radius 2 is 2.00 bits per heavy atom. The van der Waals surface area contributed by atoms with Crippen LogP contribution in [0.5, 0.6) is 0 Å². The molecular weight excluding hydrogens is 232 g/mol. The Hall–Kier alpha value is -1.96.